The van der Waals surface area contributed by atoms with Crippen LogP contribution in [-0.2, 0) is 0 Å². The minimum absolute atomic E-state index is 0.208. The van der Waals surface area contributed by atoms with Gasteiger partial charge in [0.1, 0.15) is 5.75 Å². The summed E-state index contributed by atoms with van der Waals surface area (Å²) in [6, 6.07) is 13.0. The first-order valence-corrected chi connectivity index (χ1v) is 6.40. The molecule has 0 saturated carbocycles. The first-order chi connectivity index (χ1) is 9.04. The van der Waals surface area contributed by atoms with E-state index in [0.29, 0.717) is 5.11 Å². The number of anilines is 2. The molecule has 19 heavy (non-hydrogen) atoms. The van der Waals surface area contributed by atoms with Crippen LogP contribution in [0.2, 0.25) is 0 Å². The Morgan fingerprint density at radius 3 is 2.58 bits per heavy atom. The lowest BCUT2D eigenvalue weighted by Crippen LogP contribution is -2.19. The van der Waals surface area contributed by atoms with Crippen molar-refractivity contribution in [1.29, 1.82) is 0 Å². The van der Waals surface area contributed by atoms with Crippen molar-refractivity contribution in [3.05, 3.63) is 53.6 Å². The zero-order chi connectivity index (χ0) is 13.8. The van der Waals surface area contributed by atoms with Crippen molar-refractivity contribution in [2.75, 3.05) is 10.6 Å². The number of rotatable bonds is 2. The highest BCUT2D eigenvalue weighted by atomic mass is 32.1. The summed E-state index contributed by atoms with van der Waals surface area (Å²) in [4.78, 5) is 0. The Kier molecular flexibility index (Phi) is 4.02. The van der Waals surface area contributed by atoms with Gasteiger partial charge in [-0.05, 0) is 55.4 Å². The van der Waals surface area contributed by atoms with Crippen LogP contribution in [0.1, 0.15) is 11.1 Å². The van der Waals surface area contributed by atoms with E-state index in [4.69, 9.17) is 12.2 Å². The van der Waals surface area contributed by atoms with E-state index in [-0.39, 0.29) is 5.75 Å². The lowest BCUT2D eigenvalue weighted by atomic mass is 10.1. The molecule has 2 rings (SSSR count). The number of aromatic hydroxyl groups is 1. The molecular weight excluding hydrogens is 256 g/mol. The van der Waals surface area contributed by atoms with Gasteiger partial charge in [0.15, 0.2) is 5.11 Å². The fourth-order valence-corrected chi connectivity index (χ4v) is 1.97. The standard InChI is InChI=1S/C15H16N2OS/c1-10-6-7-11(2)14(8-10)17-15(19)16-12-4-3-5-13(18)9-12/h3-9,18H,1-2H3,(H2,16,17,19). The van der Waals surface area contributed by atoms with Gasteiger partial charge < -0.3 is 15.7 Å². The molecule has 0 amide bonds. The van der Waals surface area contributed by atoms with Gasteiger partial charge >= 0.3 is 0 Å². The van der Waals surface area contributed by atoms with E-state index in [1.807, 2.05) is 26.0 Å². The second kappa shape index (κ2) is 5.71. The van der Waals surface area contributed by atoms with Crippen molar-refractivity contribution in [2.45, 2.75) is 13.8 Å². The van der Waals surface area contributed by atoms with Gasteiger partial charge in [0.25, 0.3) is 0 Å². The minimum atomic E-state index is 0.208. The lowest BCUT2D eigenvalue weighted by molar-refractivity contribution is 0.475. The predicted octanol–water partition coefficient (Wildman–Crippen LogP) is 3.82. The molecular formula is C15H16N2OS. The maximum absolute atomic E-state index is 9.39. The first kappa shape index (κ1) is 13.4. The molecule has 0 radical (unpaired) electrons. The van der Waals surface area contributed by atoms with Gasteiger partial charge in [-0.3, -0.25) is 0 Å². The summed E-state index contributed by atoms with van der Waals surface area (Å²) in [5, 5.41) is 16.1. The molecule has 0 bridgehead atoms. The van der Waals surface area contributed by atoms with Crippen molar-refractivity contribution in [3.63, 3.8) is 0 Å². The second-order valence-corrected chi connectivity index (χ2v) is 4.86. The van der Waals surface area contributed by atoms with Crippen LogP contribution in [0.15, 0.2) is 42.5 Å². The molecule has 0 heterocycles. The smallest absolute Gasteiger partial charge is 0.175 e. The highest BCUT2D eigenvalue weighted by Crippen LogP contribution is 2.18. The van der Waals surface area contributed by atoms with E-state index in [1.165, 1.54) is 5.56 Å². The maximum Gasteiger partial charge on any atom is 0.175 e. The molecule has 2 aromatic rings. The molecule has 0 fully saturated rings. The summed E-state index contributed by atoms with van der Waals surface area (Å²) < 4.78 is 0. The van der Waals surface area contributed by atoms with Crippen molar-refractivity contribution in [2.24, 2.45) is 0 Å². The van der Waals surface area contributed by atoms with Gasteiger partial charge in [0.2, 0.25) is 0 Å². The van der Waals surface area contributed by atoms with Crippen molar-refractivity contribution < 1.29 is 5.11 Å². The number of aryl methyl sites for hydroxylation is 2. The van der Waals surface area contributed by atoms with Crippen LogP contribution in [0.4, 0.5) is 11.4 Å². The molecule has 0 unspecified atom stereocenters. The Morgan fingerprint density at radius 2 is 1.84 bits per heavy atom. The Labute approximate surface area is 118 Å². The van der Waals surface area contributed by atoms with Crippen molar-refractivity contribution in [1.82, 2.24) is 0 Å². The Morgan fingerprint density at radius 1 is 1.05 bits per heavy atom. The highest BCUT2D eigenvalue weighted by Gasteiger charge is 2.02. The maximum atomic E-state index is 9.39. The number of nitrogens with one attached hydrogen (secondary N) is 2. The summed E-state index contributed by atoms with van der Waals surface area (Å²) in [5.74, 6) is 0.208. The van der Waals surface area contributed by atoms with E-state index in [0.717, 1.165) is 16.9 Å². The molecule has 98 valence electrons. The van der Waals surface area contributed by atoms with Crippen LogP contribution in [0.3, 0.4) is 0 Å². The minimum Gasteiger partial charge on any atom is -0.508 e. The number of hydrogen-bond donors (Lipinski definition) is 3. The van der Waals surface area contributed by atoms with Gasteiger partial charge in [-0.2, -0.15) is 0 Å². The SMILES string of the molecule is Cc1ccc(C)c(NC(=S)Nc2cccc(O)c2)c1. The molecule has 0 atom stereocenters. The predicted molar refractivity (Wildman–Crippen MR) is 83.9 cm³/mol. The van der Waals surface area contributed by atoms with E-state index >= 15 is 0 Å². The average Bonchev–Trinajstić information content (AvgIpc) is 2.34. The molecule has 0 saturated heterocycles. The van der Waals surface area contributed by atoms with Crippen LogP contribution in [-0.4, -0.2) is 10.2 Å². The topological polar surface area (TPSA) is 44.3 Å². The number of phenolic OH excluding ortho intramolecular Hbond substituents is 1. The average molecular weight is 272 g/mol. The van der Waals surface area contributed by atoms with E-state index in [9.17, 15) is 5.11 Å². The van der Waals surface area contributed by atoms with Gasteiger partial charge in [-0.15, -0.1) is 0 Å². The monoisotopic (exact) mass is 272 g/mol. The van der Waals surface area contributed by atoms with Crippen LogP contribution in [0.25, 0.3) is 0 Å². The molecule has 0 aliphatic heterocycles. The fraction of sp³-hybridized carbons (Fsp3) is 0.133. The summed E-state index contributed by atoms with van der Waals surface area (Å²) >= 11 is 5.26. The van der Waals surface area contributed by atoms with Crippen LogP contribution in [0.5, 0.6) is 5.75 Å². The Bertz CT molecular complexity index is 611. The summed E-state index contributed by atoms with van der Waals surface area (Å²) in [5.41, 5.74) is 4.04. The number of phenols is 1. The number of benzene rings is 2. The number of thiocarbonyl (C=S) groups is 1. The van der Waals surface area contributed by atoms with Gasteiger partial charge in [-0.25, -0.2) is 0 Å². The molecule has 2 aromatic carbocycles. The molecule has 0 aliphatic carbocycles. The third-order valence-corrected chi connectivity index (χ3v) is 2.95. The Balaban J connectivity index is 2.07. The zero-order valence-electron chi connectivity index (χ0n) is 10.9. The largest absolute Gasteiger partial charge is 0.508 e. The molecule has 0 aromatic heterocycles. The quantitative estimate of drug-likeness (QED) is 0.727. The lowest BCUT2D eigenvalue weighted by Gasteiger charge is -2.13. The Hall–Kier alpha value is -2.07. The van der Waals surface area contributed by atoms with E-state index in [1.54, 1.807) is 18.2 Å². The normalized spacial score (nSPS) is 10.0. The first-order valence-electron chi connectivity index (χ1n) is 5.99. The third-order valence-electron chi connectivity index (χ3n) is 2.75. The van der Waals surface area contributed by atoms with Crippen LogP contribution >= 0.6 is 12.2 Å². The molecule has 3 nitrogen and oxygen atoms in total. The third kappa shape index (κ3) is 3.69. The summed E-state index contributed by atoms with van der Waals surface area (Å²) in [6.45, 7) is 4.06. The van der Waals surface area contributed by atoms with Gasteiger partial charge in [0.05, 0.1) is 0 Å². The van der Waals surface area contributed by atoms with Gasteiger partial charge in [-0.1, -0.05) is 18.2 Å². The summed E-state index contributed by atoms with van der Waals surface area (Å²) in [6.07, 6.45) is 0. The second-order valence-electron chi connectivity index (χ2n) is 4.45. The molecule has 4 heteroatoms. The molecule has 0 spiro atoms. The van der Waals surface area contributed by atoms with Crippen LogP contribution in [0, 0.1) is 13.8 Å². The fourth-order valence-electron chi connectivity index (χ4n) is 1.74. The van der Waals surface area contributed by atoms with Crippen molar-refractivity contribution in [3.8, 4) is 5.75 Å². The van der Waals surface area contributed by atoms with E-state index in [2.05, 4.69) is 22.8 Å². The molecule has 0 aliphatic rings. The van der Waals surface area contributed by atoms with E-state index < -0.39 is 0 Å². The van der Waals surface area contributed by atoms with Crippen LogP contribution < -0.4 is 10.6 Å². The van der Waals surface area contributed by atoms with Crippen molar-refractivity contribution >= 4 is 28.7 Å². The summed E-state index contributed by atoms with van der Waals surface area (Å²) in [7, 11) is 0. The number of hydrogen-bond acceptors (Lipinski definition) is 2. The highest BCUT2D eigenvalue weighted by molar-refractivity contribution is 7.80. The zero-order valence-corrected chi connectivity index (χ0v) is 11.7. The molecule has 3 N–H and O–H groups in total. The van der Waals surface area contributed by atoms with Gasteiger partial charge in [0, 0.05) is 17.4 Å².